The third-order valence-corrected chi connectivity index (χ3v) is 2.58. The molecule has 4 heteroatoms. The van der Waals surface area contributed by atoms with E-state index in [1.54, 1.807) is 12.1 Å². The van der Waals surface area contributed by atoms with E-state index in [4.69, 9.17) is 4.74 Å². The van der Waals surface area contributed by atoms with Gasteiger partial charge in [-0.1, -0.05) is 36.4 Å². The first-order valence-electron chi connectivity index (χ1n) is 5.51. The van der Waals surface area contributed by atoms with Crippen LogP contribution in [0.1, 0.15) is 5.56 Å². The van der Waals surface area contributed by atoms with E-state index in [9.17, 15) is 4.79 Å². The monoisotopic (exact) mass is 259 g/mol. The molecule has 0 heterocycles. The lowest BCUT2D eigenvalue weighted by Crippen LogP contribution is -2.13. The van der Waals surface area contributed by atoms with Gasteiger partial charge < -0.3 is 4.74 Å². The van der Waals surface area contributed by atoms with Crippen LogP contribution in [0.4, 0.5) is 10.5 Å². The number of ether oxygens (including phenoxy) is 1. The van der Waals surface area contributed by atoms with Crippen molar-refractivity contribution in [1.29, 1.82) is 0 Å². The SMILES string of the molecule is O=C(Nc1cccc(S)c1)OCc1ccccc1. The molecule has 0 spiro atoms. The summed E-state index contributed by atoms with van der Waals surface area (Å²) in [6.07, 6.45) is -0.474. The van der Waals surface area contributed by atoms with Gasteiger partial charge in [-0.05, 0) is 23.8 Å². The van der Waals surface area contributed by atoms with Gasteiger partial charge >= 0.3 is 6.09 Å². The Hall–Kier alpha value is -1.94. The third kappa shape index (κ3) is 3.82. The smallest absolute Gasteiger partial charge is 0.411 e. The fraction of sp³-hybridized carbons (Fsp3) is 0.0714. The Morgan fingerprint density at radius 2 is 1.89 bits per heavy atom. The maximum Gasteiger partial charge on any atom is 0.411 e. The first kappa shape index (κ1) is 12.5. The van der Waals surface area contributed by atoms with Crippen LogP contribution in [-0.2, 0) is 11.3 Å². The highest BCUT2D eigenvalue weighted by Gasteiger charge is 2.03. The highest BCUT2D eigenvalue weighted by atomic mass is 32.1. The van der Waals surface area contributed by atoms with E-state index in [-0.39, 0.29) is 6.61 Å². The molecule has 1 amide bonds. The van der Waals surface area contributed by atoms with Crippen LogP contribution >= 0.6 is 12.6 Å². The molecule has 1 N–H and O–H groups in total. The van der Waals surface area contributed by atoms with Gasteiger partial charge in [-0.15, -0.1) is 12.6 Å². The zero-order valence-electron chi connectivity index (χ0n) is 9.67. The van der Waals surface area contributed by atoms with Crippen LogP contribution in [0, 0.1) is 0 Å². The van der Waals surface area contributed by atoms with Crippen molar-refractivity contribution in [3.05, 3.63) is 60.2 Å². The number of hydrogen-bond donors (Lipinski definition) is 2. The molecule has 0 saturated carbocycles. The zero-order chi connectivity index (χ0) is 12.8. The van der Waals surface area contributed by atoms with Crippen molar-refractivity contribution in [2.75, 3.05) is 5.32 Å². The van der Waals surface area contributed by atoms with Crippen LogP contribution in [0.2, 0.25) is 0 Å². The minimum absolute atomic E-state index is 0.257. The molecule has 0 fully saturated rings. The van der Waals surface area contributed by atoms with E-state index >= 15 is 0 Å². The Morgan fingerprint density at radius 3 is 2.61 bits per heavy atom. The first-order valence-corrected chi connectivity index (χ1v) is 5.95. The molecule has 2 aromatic carbocycles. The average molecular weight is 259 g/mol. The van der Waals surface area contributed by atoms with Crippen molar-refractivity contribution < 1.29 is 9.53 Å². The molecule has 0 unspecified atom stereocenters. The van der Waals surface area contributed by atoms with Crippen molar-refractivity contribution in [2.24, 2.45) is 0 Å². The zero-order valence-corrected chi connectivity index (χ0v) is 10.6. The van der Waals surface area contributed by atoms with Gasteiger partial charge in [0.2, 0.25) is 0 Å². The van der Waals surface area contributed by atoms with Gasteiger partial charge in [-0.25, -0.2) is 4.79 Å². The first-order chi connectivity index (χ1) is 8.74. The number of nitrogens with one attached hydrogen (secondary N) is 1. The summed E-state index contributed by atoms with van der Waals surface area (Å²) in [7, 11) is 0. The Balaban J connectivity index is 1.86. The second-order valence-electron chi connectivity index (χ2n) is 3.74. The maximum absolute atomic E-state index is 11.5. The number of carbonyl (C=O) groups is 1. The minimum atomic E-state index is -0.474. The van der Waals surface area contributed by atoms with Gasteiger partial charge in [-0.2, -0.15) is 0 Å². The summed E-state index contributed by atoms with van der Waals surface area (Å²) >= 11 is 4.19. The molecule has 0 aliphatic rings. The van der Waals surface area contributed by atoms with E-state index < -0.39 is 6.09 Å². The highest BCUT2D eigenvalue weighted by Crippen LogP contribution is 2.13. The van der Waals surface area contributed by atoms with Crippen LogP contribution < -0.4 is 5.32 Å². The van der Waals surface area contributed by atoms with Gasteiger partial charge in [-0.3, -0.25) is 5.32 Å². The summed E-state index contributed by atoms with van der Waals surface area (Å²) in [6.45, 7) is 0.257. The molecule has 0 aliphatic heterocycles. The Morgan fingerprint density at radius 1 is 1.11 bits per heavy atom. The number of hydrogen-bond acceptors (Lipinski definition) is 3. The van der Waals surface area contributed by atoms with Crippen molar-refractivity contribution in [1.82, 2.24) is 0 Å². The standard InChI is InChI=1S/C14H13NO2S/c16-14(15-12-7-4-8-13(18)9-12)17-10-11-5-2-1-3-6-11/h1-9,18H,10H2,(H,15,16). The summed E-state index contributed by atoms with van der Waals surface area (Å²) in [4.78, 5) is 12.3. The van der Waals surface area contributed by atoms with Gasteiger partial charge in [0.1, 0.15) is 6.61 Å². The van der Waals surface area contributed by atoms with Gasteiger partial charge in [0.15, 0.2) is 0 Å². The molecule has 92 valence electrons. The van der Waals surface area contributed by atoms with Crippen LogP contribution in [-0.4, -0.2) is 6.09 Å². The molecular weight excluding hydrogens is 246 g/mol. The topological polar surface area (TPSA) is 38.3 Å². The summed E-state index contributed by atoms with van der Waals surface area (Å²) in [5, 5.41) is 2.64. The fourth-order valence-corrected chi connectivity index (χ4v) is 1.69. The maximum atomic E-state index is 11.5. The van der Waals surface area contributed by atoms with Crippen LogP contribution in [0.3, 0.4) is 0 Å². The van der Waals surface area contributed by atoms with Gasteiger partial charge in [0, 0.05) is 10.6 Å². The molecule has 0 aliphatic carbocycles. The van der Waals surface area contributed by atoms with Crippen LogP contribution in [0.5, 0.6) is 0 Å². The number of thiol groups is 1. The van der Waals surface area contributed by atoms with E-state index in [0.29, 0.717) is 5.69 Å². The number of benzene rings is 2. The molecule has 3 nitrogen and oxygen atoms in total. The average Bonchev–Trinajstić information content (AvgIpc) is 2.38. The Kier molecular flexibility index (Phi) is 4.25. The molecule has 0 aromatic heterocycles. The Labute approximate surface area is 111 Å². The number of amides is 1. The van der Waals surface area contributed by atoms with Gasteiger partial charge in [0.25, 0.3) is 0 Å². The molecule has 0 bridgehead atoms. The summed E-state index contributed by atoms with van der Waals surface area (Å²) in [5.74, 6) is 0. The second kappa shape index (κ2) is 6.12. The number of carbonyl (C=O) groups excluding carboxylic acids is 1. The van der Waals surface area contributed by atoms with Crippen molar-refractivity contribution in [3.63, 3.8) is 0 Å². The molecular formula is C14H13NO2S. The minimum Gasteiger partial charge on any atom is -0.444 e. The van der Waals surface area contributed by atoms with E-state index in [1.807, 2.05) is 42.5 Å². The van der Waals surface area contributed by atoms with Crippen molar-refractivity contribution >= 4 is 24.4 Å². The van der Waals surface area contributed by atoms with E-state index in [2.05, 4.69) is 17.9 Å². The van der Waals surface area contributed by atoms with Crippen molar-refractivity contribution in [2.45, 2.75) is 11.5 Å². The normalized spacial score (nSPS) is 9.83. The van der Waals surface area contributed by atoms with Gasteiger partial charge in [0.05, 0.1) is 0 Å². The summed E-state index contributed by atoms with van der Waals surface area (Å²) in [6, 6.07) is 16.7. The predicted molar refractivity (Wildman–Crippen MR) is 73.9 cm³/mol. The van der Waals surface area contributed by atoms with E-state index in [1.165, 1.54) is 0 Å². The quantitative estimate of drug-likeness (QED) is 0.824. The molecule has 18 heavy (non-hydrogen) atoms. The largest absolute Gasteiger partial charge is 0.444 e. The molecule has 0 atom stereocenters. The lowest BCUT2D eigenvalue weighted by molar-refractivity contribution is 0.155. The highest BCUT2D eigenvalue weighted by molar-refractivity contribution is 7.80. The molecule has 2 aromatic rings. The molecule has 2 rings (SSSR count). The Bertz CT molecular complexity index is 528. The predicted octanol–water partition coefficient (Wildman–Crippen LogP) is 3.72. The number of rotatable bonds is 3. The van der Waals surface area contributed by atoms with Crippen LogP contribution in [0.25, 0.3) is 0 Å². The molecule has 0 saturated heterocycles. The summed E-state index contributed by atoms with van der Waals surface area (Å²) < 4.78 is 5.10. The number of anilines is 1. The second-order valence-corrected chi connectivity index (χ2v) is 4.25. The van der Waals surface area contributed by atoms with Crippen LogP contribution in [0.15, 0.2) is 59.5 Å². The summed E-state index contributed by atoms with van der Waals surface area (Å²) in [5.41, 5.74) is 1.62. The van der Waals surface area contributed by atoms with Crippen molar-refractivity contribution in [3.8, 4) is 0 Å². The van der Waals surface area contributed by atoms with E-state index in [0.717, 1.165) is 10.5 Å². The lowest BCUT2D eigenvalue weighted by Gasteiger charge is -2.07. The lowest BCUT2D eigenvalue weighted by atomic mass is 10.2. The fourth-order valence-electron chi connectivity index (χ4n) is 1.46. The molecule has 0 radical (unpaired) electrons. The third-order valence-electron chi connectivity index (χ3n) is 2.31.